The highest BCUT2D eigenvalue weighted by Gasteiger charge is 2.52. The highest BCUT2D eigenvalue weighted by atomic mass is 35.5. The van der Waals surface area contributed by atoms with E-state index in [0.717, 1.165) is 20.8 Å². The predicted molar refractivity (Wildman–Crippen MR) is 112 cm³/mol. The van der Waals surface area contributed by atoms with Crippen molar-refractivity contribution in [2.75, 3.05) is 11.9 Å². The lowest BCUT2D eigenvalue weighted by atomic mass is 9.97. The van der Waals surface area contributed by atoms with E-state index in [1.165, 1.54) is 13.0 Å². The van der Waals surface area contributed by atoms with Crippen LogP contribution >= 0.6 is 23.2 Å². The lowest BCUT2D eigenvalue weighted by Gasteiger charge is -2.44. The Morgan fingerprint density at radius 2 is 1.31 bits per heavy atom. The third-order valence-electron chi connectivity index (χ3n) is 4.16. The van der Waals surface area contributed by atoms with Crippen LogP contribution in [0.3, 0.4) is 0 Å². The third-order valence-corrected chi connectivity index (χ3v) is 4.60. The lowest BCUT2D eigenvalue weighted by Crippen LogP contribution is -2.64. The molecular formula is C20H23Cl2NO9. The summed E-state index contributed by atoms with van der Waals surface area (Å²) in [4.78, 5) is 46.7. The van der Waals surface area contributed by atoms with E-state index in [4.69, 9.17) is 46.9 Å². The van der Waals surface area contributed by atoms with Gasteiger partial charge in [0.2, 0.25) is 0 Å². The van der Waals surface area contributed by atoms with Crippen molar-refractivity contribution in [2.24, 2.45) is 0 Å². The van der Waals surface area contributed by atoms with Crippen LogP contribution in [0.5, 0.6) is 0 Å². The monoisotopic (exact) mass is 491 g/mol. The number of carbonyl (C=O) groups excluding carboxylic acids is 4. The van der Waals surface area contributed by atoms with Crippen molar-refractivity contribution in [2.45, 2.75) is 58.3 Å². The van der Waals surface area contributed by atoms with E-state index >= 15 is 0 Å². The number of nitrogens with one attached hydrogen (secondary N) is 1. The van der Waals surface area contributed by atoms with E-state index in [2.05, 4.69) is 5.32 Å². The Hall–Kier alpha value is -2.56. The molecule has 12 heteroatoms. The van der Waals surface area contributed by atoms with E-state index in [0.29, 0.717) is 15.7 Å². The van der Waals surface area contributed by atoms with Crippen LogP contribution in [0.25, 0.3) is 0 Å². The molecule has 1 heterocycles. The van der Waals surface area contributed by atoms with Crippen LogP contribution in [0.4, 0.5) is 5.69 Å². The molecule has 1 aromatic rings. The Labute approximate surface area is 194 Å². The van der Waals surface area contributed by atoms with Crippen LogP contribution in [0.15, 0.2) is 18.2 Å². The van der Waals surface area contributed by atoms with Crippen molar-refractivity contribution in [1.29, 1.82) is 0 Å². The van der Waals surface area contributed by atoms with E-state index < -0.39 is 54.5 Å². The number of hydrogen-bond donors (Lipinski definition) is 1. The second-order valence-electron chi connectivity index (χ2n) is 6.92. The van der Waals surface area contributed by atoms with Gasteiger partial charge in [0.15, 0.2) is 24.5 Å². The van der Waals surface area contributed by atoms with E-state index in [-0.39, 0.29) is 6.61 Å². The summed E-state index contributed by atoms with van der Waals surface area (Å²) in [5.41, 5.74) is 0.406. The van der Waals surface area contributed by atoms with Gasteiger partial charge >= 0.3 is 23.9 Å². The minimum atomic E-state index is -1.28. The van der Waals surface area contributed by atoms with Crippen molar-refractivity contribution in [1.82, 2.24) is 0 Å². The highest BCUT2D eigenvalue weighted by molar-refractivity contribution is 6.35. The van der Waals surface area contributed by atoms with E-state index in [1.807, 2.05) is 0 Å². The summed E-state index contributed by atoms with van der Waals surface area (Å²) in [6.07, 6.45) is -5.94. The number of hydrogen-bond acceptors (Lipinski definition) is 10. The van der Waals surface area contributed by atoms with Crippen LogP contribution in [0.2, 0.25) is 10.0 Å². The predicted octanol–water partition coefficient (Wildman–Crippen LogP) is 2.49. The second kappa shape index (κ2) is 11.3. The van der Waals surface area contributed by atoms with Crippen molar-refractivity contribution in [3.05, 3.63) is 28.2 Å². The first-order chi connectivity index (χ1) is 15.0. The van der Waals surface area contributed by atoms with Gasteiger partial charge in [-0.2, -0.15) is 0 Å². The first-order valence-corrected chi connectivity index (χ1v) is 10.2. The topological polar surface area (TPSA) is 126 Å². The molecule has 0 bridgehead atoms. The zero-order valence-corrected chi connectivity index (χ0v) is 19.3. The Morgan fingerprint density at radius 1 is 0.812 bits per heavy atom. The summed E-state index contributed by atoms with van der Waals surface area (Å²) in [5, 5.41) is 3.62. The number of halogens is 2. The Kier molecular flexibility index (Phi) is 9.11. The largest absolute Gasteiger partial charge is 0.463 e. The fourth-order valence-corrected chi connectivity index (χ4v) is 3.67. The minimum Gasteiger partial charge on any atom is -0.463 e. The Bertz CT molecular complexity index is 858. The minimum absolute atomic E-state index is 0.325. The molecule has 2 rings (SSSR count). The maximum absolute atomic E-state index is 11.8. The van der Waals surface area contributed by atoms with Gasteiger partial charge in [-0.05, 0) is 18.2 Å². The smallest absolute Gasteiger partial charge is 0.303 e. The summed E-state index contributed by atoms with van der Waals surface area (Å²) >= 11 is 12.1. The molecule has 1 saturated heterocycles. The molecule has 1 aliphatic heterocycles. The maximum Gasteiger partial charge on any atom is 0.303 e. The summed E-state index contributed by atoms with van der Waals surface area (Å²) in [7, 11) is 0. The molecule has 0 amide bonds. The molecule has 1 N–H and O–H groups in total. The van der Waals surface area contributed by atoms with Crippen molar-refractivity contribution in [3.8, 4) is 0 Å². The van der Waals surface area contributed by atoms with Crippen LogP contribution in [0, 0.1) is 0 Å². The second-order valence-corrected chi connectivity index (χ2v) is 7.80. The lowest BCUT2D eigenvalue weighted by molar-refractivity contribution is -0.247. The van der Waals surface area contributed by atoms with Gasteiger partial charge in [-0.15, -0.1) is 0 Å². The summed E-state index contributed by atoms with van der Waals surface area (Å²) < 4.78 is 27.0. The fourth-order valence-electron chi connectivity index (χ4n) is 3.15. The van der Waals surface area contributed by atoms with Gasteiger partial charge in [0.25, 0.3) is 0 Å². The molecule has 1 fully saturated rings. The molecule has 10 nitrogen and oxygen atoms in total. The zero-order chi connectivity index (χ0) is 24.0. The zero-order valence-electron chi connectivity index (χ0n) is 17.8. The van der Waals surface area contributed by atoms with Gasteiger partial charge in [-0.3, -0.25) is 19.2 Å². The number of ether oxygens (including phenoxy) is 5. The summed E-state index contributed by atoms with van der Waals surface area (Å²) in [5.74, 6) is -2.74. The standard InChI is InChI=1S/C20H23Cl2NO9/c1-9(24)28-8-16-17(29-10(2)25)18(30-11(3)26)19(31-12(4)27)20(32-16)23-15-6-13(21)5-14(22)7-15/h5-7,16-20,23H,8H2,1-4H3. The SMILES string of the molecule is CC(=O)OCC1OC(Nc2cc(Cl)cc(Cl)c2)C(OC(C)=O)C(OC(C)=O)C1OC(C)=O. The Morgan fingerprint density at radius 3 is 1.81 bits per heavy atom. The van der Waals surface area contributed by atoms with Crippen LogP contribution in [-0.4, -0.2) is 61.1 Å². The van der Waals surface area contributed by atoms with Crippen LogP contribution < -0.4 is 5.32 Å². The molecule has 0 aromatic heterocycles. The van der Waals surface area contributed by atoms with Crippen molar-refractivity contribution in [3.63, 3.8) is 0 Å². The van der Waals surface area contributed by atoms with Gasteiger partial charge in [-0.25, -0.2) is 0 Å². The molecule has 0 spiro atoms. The first-order valence-electron chi connectivity index (χ1n) is 9.49. The van der Waals surface area contributed by atoms with Crippen molar-refractivity contribution < 1.29 is 42.9 Å². The average Bonchev–Trinajstić information content (AvgIpc) is 2.63. The molecule has 1 aromatic carbocycles. The van der Waals surface area contributed by atoms with E-state index in [1.54, 1.807) is 12.1 Å². The molecule has 176 valence electrons. The quantitative estimate of drug-likeness (QED) is 0.448. The molecule has 0 saturated carbocycles. The average molecular weight is 492 g/mol. The van der Waals surface area contributed by atoms with E-state index in [9.17, 15) is 19.2 Å². The van der Waals surface area contributed by atoms with Gasteiger partial charge in [0.1, 0.15) is 12.7 Å². The number of benzene rings is 1. The van der Waals surface area contributed by atoms with Crippen LogP contribution in [-0.2, 0) is 42.9 Å². The number of anilines is 1. The normalized spacial score (nSPS) is 24.8. The molecule has 5 atom stereocenters. The Balaban J connectivity index is 2.47. The molecule has 0 aliphatic carbocycles. The van der Waals surface area contributed by atoms with Gasteiger partial charge in [-0.1, -0.05) is 23.2 Å². The number of esters is 4. The molecule has 1 aliphatic rings. The van der Waals surface area contributed by atoms with Gasteiger partial charge in [0, 0.05) is 43.4 Å². The highest BCUT2D eigenvalue weighted by Crippen LogP contribution is 2.31. The molecular weight excluding hydrogens is 469 g/mol. The van der Waals surface area contributed by atoms with Crippen LogP contribution in [0.1, 0.15) is 27.7 Å². The number of rotatable bonds is 7. The first kappa shape index (κ1) is 25.7. The summed E-state index contributed by atoms with van der Waals surface area (Å²) in [6, 6.07) is 4.60. The molecule has 5 unspecified atom stereocenters. The van der Waals surface area contributed by atoms with Crippen molar-refractivity contribution >= 4 is 52.8 Å². The van der Waals surface area contributed by atoms with Gasteiger partial charge in [0.05, 0.1) is 0 Å². The molecule has 32 heavy (non-hydrogen) atoms. The third kappa shape index (κ3) is 7.54. The fraction of sp³-hybridized carbons (Fsp3) is 0.500. The molecule has 0 radical (unpaired) electrons. The van der Waals surface area contributed by atoms with Gasteiger partial charge < -0.3 is 29.0 Å². The number of carbonyl (C=O) groups is 4. The maximum atomic E-state index is 11.8. The summed E-state index contributed by atoms with van der Waals surface area (Å²) in [6.45, 7) is 4.31.